The van der Waals surface area contributed by atoms with Crippen molar-refractivity contribution in [1.82, 2.24) is 19.8 Å². The molecule has 0 radical (unpaired) electrons. The largest absolute Gasteiger partial charge is 0.345 e. The normalized spacial score (nSPS) is 15.7. The lowest BCUT2D eigenvalue weighted by Crippen LogP contribution is -2.48. The predicted molar refractivity (Wildman–Crippen MR) is 112 cm³/mol. The molecular weight excluding hydrogens is 404 g/mol. The number of carbonyl (C=O) groups is 1. The van der Waals surface area contributed by atoms with Crippen LogP contribution in [-0.4, -0.2) is 58.4 Å². The quantitative estimate of drug-likeness (QED) is 0.692. The first kappa shape index (κ1) is 17.9. The summed E-state index contributed by atoms with van der Waals surface area (Å²) in [5, 5.41) is 0. The number of carbonyl (C=O) groups excluding carboxylic acids is 1. The minimum Gasteiger partial charge on any atom is -0.345 e. The van der Waals surface area contributed by atoms with Crippen molar-refractivity contribution >= 4 is 38.9 Å². The highest BCUT2D eigenvalue weighted by Crippen LogP contribution is 2.15. The standard InChI is InChI=1S/C21H21BrN4O/c22-18-6-3-16(4-7-18)2-1-9-25-10-12-26(13-11-25)21(27)17-5-8-19-20(14-17)24-15-23-19/h1-8,14-15H,9-13H2,(H,23,24)/b2-1+. The number of fused-ring (bicyclic) bond motifs is 1. The number of nitrogens with one attached hydrogen (secondary N) is 1. The molecule has 1 saturated heterocycles. The number of benzene rings is 2. The van der Waals surface area contributed by atoms with E-state index in [0.29, 0.717) is 0 Å². The molecule has 0 spiro atoms. The Kier molecular flexibility index (Phi) is 5.36. The number of H-pyrrole nitrogens is 1. The molecule has 4 rings (SSSR count). The minimum atomic E-state index is 0.0940. The zero-order valence-corrected chi connectivity index (χ0v) is 16.5. The first-order valence-corrected chi connectivity index (χ1v) is 9.85. The SMILES string of the molecule is O=C(c1ccc2nc[nH]c2c1)N1CCN(C/C=C/c2ccc(Br)cc2)CC1. The summed E-state index contributed by atoms with van der Waals surface area (Å²) in [4.78, 5) is 24.3. The molecule has 0 saturated carbocycles. The smallest absolute Gasteiger partial charge is 0.254 e. The Morgan fingerprint density at radius 2 is 1.89 bits per heavy atom. The van der Waals surface area contributed by atoms with Gasteiger partial charge in [0.15, 0.2) is 0 Å². The van der Waals surface area contributed by atoms with Crippen LogP contribution in [0.2, 0.25) is 0 Å². The fourth-order valence-corrected chi connectivity index (χ4v) is 3.56. The molecule has 0 unspecified atom stereocenters. The zero-order valence-electron chi connectivity index (χ0n) is 14.9. The molecule has 2 aromatic carbocycles. The molecule has 0 aliphatic carbocycles. The number of imidazole rings is 1. The summed E-state index contributed by atoms with van der Waals surface area (Å²) in [6, 6.07) is 13.9. The van der Waals surface area contributed by atoms with Gasteiger partial charge in [0.05, 0.1) is 17.4 Å². The van der Waals surface area contributed by atoms with E-state index < -0.39 is 0 Å². The monoisotopic (exact) mass is 424 g/mol. The molecule has 1 amide bonds. The maximum absolute atomic E-state index is 12.8. The lowest BCUT2D eigenvalue weighted by molar-refractivity contribution is 0.0650. The fraction of sp³-hybridized carbons (Fsp3) is 0.238. The van der Waals surface area contributed by atoms with Gasteiger partial charge in [-0.1, -0.05) is 40.2 Å². The van der Waals surface area contributed by atoms with E-state index in [4.69, 9.17) is 0 Å². The number of hydrogen-bond acceptors (Lipinski definition) is 3. The molecular formula is C21H21BrN4O. The molecule has 1 aliphatic rings. The number of rotatable bonds is 4. The topological polar surface area (TPSA) is 52.2 Å². The number of halogens is 1. The number of aromatic amines is 1. The Morgan fingerprint density at radius 3 is 2.67 bits per heavy atom. The van der Waals surface area contributed by atoms with Crippen LogP contribution in [0.4, 0.5) is 0 Å². The summed E-state index contributed by atoms with van der Waals surface area (Å²) >= 11 is 3.45. The Balaban J connectivity index is 1.30. The van der Waals surface area contributed by atoms with Crippen LogP contribution in [0.3, 0.4) is 0 Å². The van der Waals surface area contributed by atoms with Gasteiger partial charge in [-0.15, -0.1) is 0 Å². The number of nitrogens with zero attached hydrogens (tertiary/aromatic N) is 3. The van der Waals surface area contributed by atoms with Gasteiger partial charge in [-0.3, -0.25) is 9.69 Å². The van der Waals surface area contributed by atoms with Crippen LogP contribution < -0.4 is 0 Å². The van der Waals surface area contributed by atoms with Gasteiger partial charge in [-0.05, 0) is 35.9 Å². The Morgan fingerprint density at radius 1 is 1.11 bits per heavy atom. The number of aromatic nitrogens is 2. The maximum Gasteiger partial charge on any atom is 0.254 e. The van der Waals surface area contributed by atoms with E-state index >= 15 is 0 Å². The maximum atomic E-state index is 12.8. The van der Waals surface area contributed by atoms with Crippen LogP contribution in [0.5, 0.6) is 0 Å². The van der Waals surface area contributed by atoms with E-state index in [1.807, 2.05) is 35.2 Å². The van der Waals surface area contributed by atoms with E-state index in [9.17, 15) is 4.79 Å². The summed E-state index contributed by atoms with van der Waals surface area (Å²) in [7, 11) is 0. The first-order chi connectivity index (χ1) is 13.2. The van der Waals surface area contributed by atoms with Crippen molar-refractivity contribution in [1.29, 1.82) is 0 Å². The second-order valence-electron chi connectivity index (χ2n) is 6.68. The third-order valence-corrected chi connectivity index (χ3v) is 5.40. The van der Waals surface area contributed by atoms with Crippen molar-refractivity contribution in [3.05, 3.63) is 70.5 Å². The molecule has 1 N–H and O–H groups in total. The first-order valence-electron chi connectivity index (χ1n) is 9.06. The van der Waals surface area contributed by atoms with E-state index in [-0.39, 0.29) is 5.91 Å². The van der Waals surface area contributed by atoms with Gasteiger partial charge in [0.2, 0.25) is 0 Å². The van der Waals surface area contributed by atoms with Gasteiger partial charge in [0.1, 0.15) is 0 Å². The molecule has 0 bridgehead atoms. The van der Waals surface area contributed by atoms with Crippen molar-refractivity contribution in [2.75, 3.05) is 32.7 Å². The molecule has 27 heavy (non-hydrogen) atoms. The summed E-state index contributed by atoms with van der Waals surface area (Å²) in [5.74, 6) is 0.0940. The highest BCUT2D eigenvalue weighted by molar-refractivity contribution is 9.10. The average molecular weight is 425 g/mol. The summed E-state index contributed by atoms with van der Waals surface area (Å²) in [6.07, 6.45) is 5.98. The molecule has 2 heterocycles. The van der Waals surface area contributed by atoms with Gasteiger partial charge in [-0.2, -0.15) is 0 Å². The third kappa shape index (κ3) is 4.28. The number of hydrogen-bond donors (Lipinski definition) is 1. The predicted octanol–water partition coefficient (Wildman–Crippen LogP) is 3.80. The van der Waals surface area contributed by atoms with Crippen molar-refractivity contribution in [2.24, 2.45) is 0 Å². The van der Waals surface area contributed by atoms with Crippen LogP contribution in [0.15, 0.2) is 59.3 Å². The molecule has 6 heteroatoms. The summed E-state index contributed by atoms with van der Waals surface area (Å²) < 4.78 is 1.09. The molecule has 1 aromatic heterocycles. The van der Waals surface area contributed by atoms with Crippen LogP contribution in [0.1, 0.15) is 15.9 Å². The third-order valence-electron chi connectivity index (χ3n) is 4.87. The van der Waals surface area contributed by atoms with Crippen molar-refractivity contribution in [3.63, 3.8) is 0 Å². The van der Waals surface area contributed by atoms with E-state index in [0.717, 1.165) is 53.8 Å². The Bertz CT molecular complexity index is 956. The van der Waals surface area contributed by atoms with E-state index in [1.165, 1.54) is 5.56 Å². The lowest BCUT2D eigenvalue weighted by Gasteiger charge is -2.34. The van der Waals surface area contributed by atoms with Gasteiger partial charge in [0.25, 0.3) is 5.91 Å². The number of piperazine rings is 1. The van der Waals surface area contributed by atoms with Gasteiger partial charge in [0, 0.05) is 42.8 Å². The van der Waals surface area contributed by atoms with Crippen molar-refractivity contribution in [3.8, 4) is 0 Å². The highest BCUT2D eigenvalue weighted by atomic mass is 79.9. The molecule has 1 fully saturated rings. The Labute approximate surface area is 166 Å². The summed E-state index contributed by atoms with van der Waals surface area (Å²) in [6.45, 7) is 4.20. The minimum absolute atomic E-state index is 0.0940. The van der Waals surface area contributed by atoms with Gasteiger partial charge >= 0.3 is 0 Å². The summed E-state index contributed by atoms with van der Waals surface area (Å²) in [5.41, 5.74) is 3.70. The van der Waals surface area contributed by atoms with E-state index in [2.05, 4.69) is 55.1 Å². The molecule has 5 nitrogen and oxygen atoms in total. The number of amides is 1. The van der Waals surface area contributed by atoms with Crippen LogP contribution >= 0.6 is 15.9 Å². The van der Waals surface area contributed by atoms with E-state index in [1.54, 1.807) is 6.33 Å². The van der Waals surface area contributed by atoms with Crippen LogP contribution in [-0.2, 0) is 0 Å². The van der Waals surface area contributed by atoms with Gasteiger partial charge < -0.3 is 9.88 Å². The lowest BCUT2D eigenvalue weighted by atomic mass is 10.1. The van der Waals surface area contributed by atoms with Crippen molar-refractivity contribution in [2.45, 2.75) is 0 Å². The highest BCUT2D eigenvalue weighted by Gasteiger charge is 2.21. The zero-order chi connectivity index (χ0) is 18.6. The van der Waals surface area contributed by atoms with Crippen LogP contribution in [0.25, 0.3) is 17.1 Å². The second-order valence-corrected chi connectivity index (χ2v) is 7.60. The fourth-order valence-electron chi connectivity index (χ4n) is 3.30. The molecule has 1 aliphatic heterocycles. The average Bonchev–Trinajstić information content (AvgIpc) is 3.17. The Hall–Kier alpha value is -2.44. The molecule has 0 atom stereocenters. The molecule has 3 aromatic rings. The van der Waals surface area contributed by atoms with Crippen molar-refractivity contribution < 1.29 is 4.79 Å². The molecule has 138 valence electrons. The second kappa shape index (κ2) is 8.06. The van der Waals surface area contributed by atoms with Gasteiger partial charge in [-0.25, -0.2) is 4.98 Å². The van der Waals surface area contributed by atoms with Crippen LogP contribution in [0, 0.1) is 0 Å².